The third kappa shape index (κ3) is 5.25. The molecule has 150 valence electrons. The molecule has 0 radical (unpaired) electrons. The molecule has 0 aliphatic heterocycles. The van der Waals surface area contributed by atoms with Crippen molar-refractivity contribution in [1.29, 1.82) is 0 Å². The first kappa shape index (κ1) is 19.7. The minimum Gasteiger partial charge on any atom is -0.480 e. The Morgan fingerprint density at radius 1 is 1.17 bits per heavy atom. The predicted octanol–water partition coefficient (Wildman–Crippen LogP) is 0.535. The number of hydrogen-bond donors (Lipinski definition) is 5. The molecule has 3 aromatic rings. The van der Waals surface area contributed by atoms with E-state index in [9.17, 15) is 19.5 Å². The highest BCUT2D eigenvalue weighted by Gasteiger charge is 2.20. The van der Waals surface area contributed by atoms with Crippen LogP contribution in [0.5, 0.6) is 0 Å². The lowest BCUT2D eigenvalue weighted by Gasteiger charge is -2.15. The fraction of sp³-hybridized carbons (Fsp3) is 0.222. The van der Waals surface area contributed by atoms with Crippen LogP contribution in [0.25, 0.3) is 11.2 Å². The van der Waals surface area contributed by atoms with Crippen LogP contribution in [0.2, 0.25) is 0 Å². The molecule has 0 bridgehead atoms. The highest BCUT2D eigenvalue weighted by Crippen LogP contribution is 2.18. The first-order valence-electron chi connectivity index (χ1n) is 8.71. The molecule has 29 heavy (non-hydrogen) atoms. The molecule has 0 aliphatic rings. The van der Waals surface area contributed by atoms with E-state index in [4.69, 9.17) is 0 Å². The molecular formula is C18H19N7O4. The topological polar surface area (TPSA) is 162 Å². The van der Waals surface area contributed by atoms with Crippen molar-refractivity contribution in [3.63, 3.8) is 0 Å². The van der Waals surface area contributed by atoms with E-state index in [1.165, 1.54) is 13.3 Å². The van der Waals surface area contributed by atoms with E-state index in [-0.39, 0.29) is 30.6 Å². The quantitative estimate of drug-likeness (QED) is 0.368. The largest absolute Gasteiger partial charge is 0.480 e. The molecule has 2 amide bonds. The number of carboxylic acids is 1. The van der Waals surface area contributed by atoms with Gasteiger partial charge in [0, 0.05) is 13.3 Å². The van der Waals surface area contributed by atoms with Gasteiger partial charge in [0.2, 0.25) is 17.8 Å². The van der Waals surface area contributed by atoms with Crippen LogP contribution in [0.4, 0.5) is 11.8 Å². The molecule has 5 N–H and O–H groups in total. The van der Waals surface area contributed by atoms with E-state index in [2.05, 4.69) is 35.9 Å². The zero-order valence-corrected chi connectivity index (χ0v) is 15.5. The second kappa shape index (κ2) is 8.78. The summed E-state index contributed by atoms with van der Waals surface area (Å²) in [6, 6.07) is 7.94. The van der Waals surface area contributed by atoms with Gasteiger partial charge in [0.1, 0.15) is 11.6 Å². The molecule has 0 fully saturated rings. The van der Waals surface area contributed by atoms with Gasteiger partial charge in [-0.1, -0.05) is 30.3 Å². The molecule has 1 aromatic carbocycles. The van der Waals surface area contributed by atoms with E-state index in [1.807, 2.05) is 6.07 Å². The van der Waals surface area contributed by atoms with Gasteiger partial charge in [0.05, 0.1) is 12.9 Å². The van der Waals surface area contributed by atoms with Crippen LogP contribution in [-0.2, 0) is 20.8 Å². The van der Waals surface area contributed by atoms with Gasteiger partial charge >= 0.3 is 5.97 Å². The Morgan fingerprint density at radius 3 is 2.62 bits per heavy atom. The van der Waals surface area contributed by atoms with Gasteiger partial charge in [-0.3, -0.25) is 14.9 Å². The van der Waals surface area contributed by atoms with Crippen LogP contribution in [0.1, 0.15) is 12.5 Å². The number of aromatic nitrogens is 4. The third-order valence-corrected chi connectivity index (χ3v) is 3.91. The van der Waals surface area contributed by atoms with Crippen molar-refractivity contribution in [2.75, 3.05) is 17.2 Å². The molecule has 11 heteroatoms. The summed E-state index contributed by atoms with van der Waals surface area (Å²) < 4.78 is 0. The minimum absolute atomic E-state index is 0.0347. The second-order valence-electron chi connectivity index (χ2n) is 6.18. The van der Waals surface area contributed by atoms with E-state index in [1.54, 1.807) is 24.3 Å². The lowest BCUT2D eigenvalue weighted by Crippen LogP contribution is -2.44. The highest BCUT2D eigenvalue weighted by atomic mass is 16.4. The molecule has 2 heterocycles. The molecule has 2 aromatic heterocycles. The fourth-order valence-corrected chi connectivity index (χ4v) is 2.63. The van der Waals surface area contributed by atoms with Gasteiger partial charge in [-0.15, -0.1) is 0 Å². The van der Waals surface area contributed by atoms with Gasteiger partial charge in [-0.2, -0.15) is 9.97 Å². The second-order valence-corrected chi connectivity index (χ2v) is 6.18. The number of nitrogens with one attached hydrogen (secondary N) is 4. The Labute approximate surface area is 165 Å². The summed E-state index contributed by atoms with van der Waals surface area (Å²) in [4.78, 5) is 50.1. The number of carbonyl (C=O) groups is 3. The Bertz CT molecular complexity index is 1040. The number of aliphatic carboxylic acids is 1. The number of anilines is 2. The van der Waals surface area contributed by atoms with E-state index < -0.39 is 17.9 Å². The number of carbonyl (C=O) groups excluding carboxylic acids is 2. The molecule has 11 nitrogen and oxygen atoms in total. The number of amides is 2. The zero-order valence-electron chi connectivity index (χ0n) is 15.5. The van der Waals surface area contributed by atoms with Crippen molar-refractivity contribution in [2.45, 2.75) is 19.4 Å². The van der Waals surface area contributed by atoms with Gasteiger partial charge in [0.25, 0.3) is 0 Å². The van der Waals surface area contributed by atoms with Gasteiger partial charge in [-0.05, 0) is 5.56 Å². The lowest BCUT2D eigenvalue weighted by atomic mass is 10.1. The maximum Gasteiger partial charge on any atom is 0.326 e. The number of imidazole rings is 1. The standard InChI is InChI=1S/C18H19N7O4/c1-10(26)22-18-24-15(14-16(25-18)21-9-20-14)19-8-13(27)23-12(17(28)29)7-11-5-3-2-4-6-11/h2-6,9,12H,7-8H2,1H3,(H,23,27)(H,28,29)(H3,19,20,21,22,24,25,26)/t12-/m0/s1. The van der Waals surface area contributed by atoms with Crippen LogP contribution in [0, 0.1) is 0 Å². The van der Waals surface area contributed by atoms with Crippen LogP contribution < -0.4 is 16.0 Å². The summed E-state index contributed by atoms with van der Waals surface area (Å²) in [5, 5.41) is 17.1. The van der Waals surface area contributed by atoms with Crippen LogP contribution in [0.15, 0.2) is 36.7 Å². The van der Waals surface area contributed by atoms with Crippen LogP contribution in [0.3, 0.4) is 0 Å². The number of benzene rings is 1. The third-order valence-electron chi connectivity index (χ3n) is 3.91. The normalized spacial score (nSPS) is 11.6. The SMILES string of the molecule is CC(=O)Nc1nc(NCC(=O)N[C@@H](Cc2ccccc2)C(=O)O)c2[nH]cnc2n1. The summed E-state index contributed by atoms with van der Waals surface area (Å²) in [7, 11) is 0. The Kier molecular flexibility index (Phi) is 5.97. The number of rotatable bonds is 8. The van der Waals surface area contributed by atoms with Crippen molar-refractivity contribution in [1.82, 2.24) is 25.3 Å². The predicted molar refractivity (Wildman–Crippen MR) is 104 cm³/mol. The summed E-state index contributed by atoms with van der Waals surface area (Å²) >= 11 is 0. The first-order chi connectivity index (χ1) is 13.9. The molecule has 0 saturated carbocycles. The zero-order chi connectivity index (χ0) is 20.8. The maximum atomic E-state index is 12.3. The number of fused-ring (bicyclic) bond motifs is 1. The van der Waals surface area contributed by atoms with Gasteiger partial charge < -0.3 is 20.7 Å². The van der Waals surface area contributed by atoms with Crippen LogP contribution >= 0.6 is 0 Å². The summed E-state index contributed by atoms with van der Waals surface area (Å²) in [5.41, 5.74) is 1.55. The molecule has 0 saturated heterocycles. The molecule has 3 rings (SSSR count). The fourth-order valence-electron chi connectivity index (χ4n) is 2.63. The first-order valence-corrected chi connectivity index (χ1v) is 8.71. The molecule has 1 atom stereocenters. The Balaban J connectivity index is 1.67. The summed E-state index contributed by atoms with van der Waals surface area (Å²) in [6.07, 6.45) is 1.56. The molecule has 0 aliphatic carbocycles. The van der Waals surface area contributed by atoms with Gasteiger partial charge in [-0.25, -0.2) is 9.78 Å². The maximum absolute atomic E-state index is 12.3. The van der Waals surface area contributed by atoms with Crippen molar-refractivity contribution >= 4 is 40.7 Å². The Morgan fingerprint density at radius 2 is 1.93 bits per heavy atom. The van der Waals surface area contributed by atoms with E-state index in [0.717, 1.165) is 5.56 Å². The van der Waals surface area contributed by atoms with Crippen molar-refractivity contribution in [3.05, 3.63) is 42.2 Å². The number of hydrogen-bond acceptors (Lipinski definition) is 7. The summed E-state index contributed by atoms with van der Waals surface area (Å²) in [6.45, 7) is 1.08. The number of aromatic amines is 1. The van der Waals surface area contributed by atoms with E-state index in [0.29, 0.717) is 11.2 Å². The molecular weight excluding hydrogens is 378 g/mol. The van der Waals surface area contributed by atoms with Crippen molar-refractivity contribution in [2.24, 2.45) is 0 Å². The monoisotopic (exact) mass is 397 g/mol. The number of H-pyrrole nitrogens is 1. The average Bonchev–Trinajstić information content (AvgIpc) is 3.14. The molecule has 0 unspecified atom stereocenters. The lowest BCUT2D eigenvalue weighted by molar-refractivity contribution is -0.141. The number of nitrogens with zero attached hydrogens (tertiary/aromatic N) is 3. The highest BCUT2D eigenvalue weighted by molar-refractivity contribution is 5.91. The molecule has 0 spiro atoms. The van der Waals surface area contributed by atoms with Crippen molar-refractivity contribution in [3.8, 4) is 0 Å². The van der Waals surface area contributed by atoms with Gasteiger partial charge in [0.15, 0.2) is 11.5 Å². The van der Waals surface area contributed by atoms with Crippen LogP contribution in [-0.4, -0.2) is 55.4 Å². The Hall–Kier alpha value is -4.02. The number of carboxylic acid groups (broad SMARTS) is 1. The van der Waals surface area contributed by atoms with Crippen molar-refractivity contribution < 1.29 is 19.5 Å². The summed E-state index contributed by atoms with van der Waals surface area (Å²) in [5.74, 6) is -1.73. The smallest absolute Gasteiger partial charge is 0.326 e. The van der Waals surface area contributed by atoms with E-state index >= 15 is 0 Å². The minimum atomic E-state index is -1.13. The average molecular weight is 397 g/mol.